The van der Waals surface area contributed by atoms with Crippen LogP contribution in [0.5, 0.6) is 5.75 Å². The van der Waals surface area contributed by atoms with Crippen molar-refractivity contribution in [2.75, 3.05) is 12.4 Å². The molecular formula is C28H30N6O2S. The van der Waals surface area contributed by atoms with E-state index in [9.17, 15) is 4.79 Å². The van der Waals surface area contributed by atoms with Crippen molar-refractivity contribution in [2.45, 2.75) is 37.7 Å². The number of ether oxygens (including phenoxy) is 1. The molecule has 0 bridgehead atoms. The Morgan fingerprint density at radius 1 is 1.03 bits per heavy atom. The average Bonchev–Trinajstić information content (AvgIpc) is 3.33. The van der Waals surface area contributed by atoms with Crippen molar-refractivity contribution in [3.63, 3.8) is 0 Å². The molecule has 1 heterocycles. The summed E-state index contributed by atoms with van der Waals surface area (Å²) in [5.74, 6) is 1.31. The lowest BCUT2D eigenvalue weighted by Gasteiger charge is -2.14. The molecule has 0 radical (unpaired) electrons. The molecule has 4 aromatic rings. The van der Waals surface area contributed by atoms with Crippen molar-refractivity contribution in [3.05, 3.63) is 95.8 Å². The van der Waals surface area contributed by atoms with Crippen LogP contribution in [0.15, 0.2) is 89.1 Å². The summed E-state index contributed by atoms with van der Waals surface area (Å²) < 4.78 is 7.19. The zero-order valence-corrected chi connectivity index (χ0v) is 22.1. The van der Waals surface area contributed by atoms with Crippen molar-refractivity contribution in [1.29, 1.82) is 0 Å². The van der Waals surface area contributed by atoms with Gasteiger partial charge in [0.2, 0.25) is 0 Å². The second-order valence-electron chi connectivity index (χ2n) is 8.45. The molecule has 0 fully saturated rings. The molecule has 9 heteroatoms. The molecule has 0 aliphatic heterocycles. The highest BCUT2D eigenvalue weighted by molar-refractivity contribution is 8.00. The van der Waals surface area contributed by atoms with E-state index in [-0.39, 0.29) is 5.91 Å². The molecule has 0 saturated heterocycles. The minimum absolute atomic E-state index is 0.211. The molecule has 0 aliphatic rings. The fourth-order valence-corrected chi connectivity index (χ4v) is 4.40. The van der Waals surface area contributed by atoms with E-state index in [0.717, 1.165) is 34.2 Å². The third-order valence-electron chi connectivity index (χ3n) is 5.71. The fraction of sp³-hybridized carbons (Fsp3) is 0.214. The van der Waals surface area contributed by atoms with Gasteiger partial charge in [-0.2, -0.15) is 5.10 Å². The van der Waals surface area contributed by atoms with Gasteiger partial charge in [-0.15, -0.1) is 10.2 Å². The van der Waals surface area contributed by atoms with Crippen molar-refractivity contribution in [3.8, 4) is 11.4 Å². The predicted molar refractivity (Wildman–Crippen MR) is 149 cm³/mol. The van der Waals surface area contributed by atoms with Gasteiger partial charge in [0.05, 0.1) is 24.6 Å². The van der Waals surface area contributed by atoms with Crippen LogP contribution in [0.25, 0.3) is 5.69 Å². The topological polar surface area (TPSA) is 93.4 Å². The van der Waals surface area contributed by atoms with Gasteiger partial charge in [0.25, 0.3) is 5.91 Å². The Kier molecular flexibility index (Phi) is 8.58. The summed E-state index contributed by atoms with van der Waals surface area (Å²) in [5.41, 5.74) is 7.42. The van der Waals surface area contributed by atoms with E-state index >= 15 is 0 Å². The van der Waals surface area contributed by atoms with Gasteiger partial charge in [0, 0.05) is 11.4 Å². The Bertz CT molecular complexity index is 1350. The number of anilines is 1. The molecule has 1 aromatic heterocycles. The summed E-state index contributed by atoms with van der Waals surface area (Å²) in [6.07, 6.45) is 0. The van der Waals surface area contributed by atoms with E-state index < -0.39 is 5.25 Å². The molecule has 0 spiro atoms. The zero-order valence-electron chi connectivity index (χ0n) is 21.3. The quantitative estimate of drug-likeness (QED) is 0.171. The Morgan fingerprint density at radius 2 is 1.73 bits per heavy atom. The van der Waals surface area contributed by atoms with Crippen LogP contribution in [-0.4, -0.2) is 38.7 Å². The molecule has 1 atom stereocenters. The lowest BCUT2D eigenvalue weighted by atomic mass is 10.1. The standard InChI is InChI=1S/C28H30N6O2S/c1-19-10-12-22(13-11-19)20(2)30-32-27(35)21(3)37-28-33-31-26(34(28)24-8-6-5-7-9-24)18-29-23-14-16-25(36-4)17-15-23/h5-17,21,29H,18H2,1-4H3,(H,32,35)/t21-/m0/s1. The van der Waals surface area contributed by atoms with E-state index in [4.69, 9.17) is 4.74 Å². The van der Waals surface area contributed by atoms with Gasteiger partial charge in [-0.05, 0) is 62.7 Å². The maximum Gasteiger partial charge on any atom is 0.253 e. The molecule has 0 aliphatic carbocycles. The maximum atomic E-state index is 12.8. The Morgan fingerprint density at radius 3 is 2.41 bits per heavy atom. The number of rotatable bonds is 10. The number of carbonyl (C=O) groups excluding carboxylic acids is 1. The van der Waals surface area contributed by atoms with Crippen molar-refractivity contribution in [1.82, 2.24) is 20.2 Å². The molecule has 0 unspecified atom stereocenters. The second kappa shape index (κ2) is 12.2. The van der Waals surface area contributed by atoms with Crippen LogP contribution in [0.3, 0.4) is 0 Å². The third kappa shape index (κ3) is 6.77. The van der Waals surface area contributed by atoms with Gasteiger partial charge in [-0.3, -0.25) is 9.36 Å². The first kappa shape index (κ1) is 26.0. The number of aryl methyl sites for hydroxylation is 1. The van der Waals surface area contributed by atoms with Gasteiger partial charge in [-0.1, -0.05) is 59.8 Å². The number of nitrogens with zero attached hydrogens (tertiary/aromatic N) is 4. The number of hydrazone groups is 1. The molecule has 37 heavy (non-hydrogen) atoms. The number of para-hydroxylation sites is 1. The number of thioether (sulfide) groups is 1. The van der Waals surface area contributed by atoms with E-state index in [1.807, 2.05) is 104 Å². The van der Waals surface area contributed by atoms with Crippen LogP contribution < -0.4 is 15.5 Å². The van der Waals surface area contributed by atoms with Gasteiger partial charge < -0.3 is 10.1 Å². The smallest absolute Gasteiger partial charge is 0.253 e. The summed E-state index contributed by atoms with van der Waals surface area (Å²) in [4.78, 5) is 12.8. The Balaban J connectivity index is 1.47. The lowest BCUT2D eigenvalue weighted by Crippen LogP contribution is -2.28. The Labute approximate surface area is 221 Å². The van der Waals surface area contributed by atoms with Gasteiger partial charge in [-0.25, -0.2) is 5.43 Å². The van der Waals surface area contributed by atoms with Gasteiger partial charge in [0.1, 0.15) is 5.75 Å². The molecular weight excluding hydrogens is 484 g/mol. The first-order valence-electron chi connectivity index (χ1n) is 11.9. The fourth-order valence-electron chi connectivity index (χ4n) is 3.52. The second-order valence-corrected chi connectivity index (χ2v) is 9.76. The number of methoxy groups -OCH3 is 1. The van der Waals surface area contributed by atoms with Crippen LogP contribution in [0.2, 0.25) is 0 Å². The predicted octanol–water partition coefficient (Wildman–Crippen LogP) is 5.22. The highest BCUT2D eigenvalue weighted by Gasteiger charge is 2.21. The minimum atomic E-state index is -0.441. The van der Waals surface area contributed by atoms with Crippen LogP contribution in [0, 0.1) is 6.92 Å². The number of benzene rings is 3. The zero-order chi connectivity index (χ0) is 26.2. The van der Waals surface area contributed by atoms with Gasteiger partial charge in [0.15, 0.2) is 11.0 Å². The van der Waals surface area contributed by atoms with Crippen LogP contribution in [0.1, 0.15) is 30.8 Å². The van der Waals surface area contributed by atoms with Crippen molar-refractivity contribution < 1.29 is 9.53 Å². The molecule has 0 saturated carbocycles. The van der Waals surface area contributed by atoms with E-state index in [2.05, 4.69) is 26.0 Å². The molecule has 1 amide bonds. The minimum Gasteiger partial charge on any atom is -0.497 e. The number of amides is 1. The average molecular weight is 515 g/mol. The molecule has 2 N–H and O–H groups in total. The summed E-state index contributed by atoms with van der Waals surface area (Å²) in [6.45, 7) is 6.19. The monoisotopic (exact) mass is 514 g/mol. The van der Waals surface area contributed by atoms with Gasteiger partial charge >= 0.3 is 0 Å². The molecule has 4 rings (SSSR count). The van der Waals surface area contributed by atoms with E-state index in [1.165, 1.54) is 17.3 Å². The van der Waals surface area contributed by atoms with E-state index in [0.29, 0.717) is 11.7 Å². The summed E-state index contributed by atoms with van der Waals surface area (Å²) in [5, 5.41) is 16.7. The van der Waals surface area contributed by atoms with Crippen LogP contribution >= 0.6 is 11.8 Å². The van der Waals surface area contributed by atoms with E-state index in [1.54, 1.807) is 7.11 Å². The van der Waals surface area contributed by atoms with Crippen LogP contribution in [0.4, 0.5) is 5.69 Å². The summed E-state index contributed by atoms with van der Waals surface area (Å²) in [7, 11) is 1.64. The van der Waals surface area contributed by atoms with Crippen molar-refractivity contribution in [2.24, 2.45) is 5.10 Å². The number of aromatic nitrogens is 3. The largest absolute Gasteiger partial charge is 0.497 e. The number of hydrogen-bond acceptors (Lipinski definition) is 7. The summed E-state index contributed by atoms with van der Waals surface area (Å²) >= 11 is 1.33. The van der Waals surface area contributed by atoms with Crippen LogP contribution in [-0.2, 0) is 11.3 Å². The Hall–Kier alpha value is -4.11. The SMILES string of the molecule is COc1ccc(NCc2nnc(S[C@@H](C)C(=O)NN=C(C)c3ccc(C)cc3)n2-c2ccccc2)cc1. The maximum absolute atomic E-state index is 12.8. The normalized spacial score (nSPS) is 12.2. The number of nitrogens with one attached hydrogen (secondary N) is 2. The van der Waals surface area contributed by atoms with Crippen molar-refractivity contribution >= 4 is 29.1 Å². The number of carbonyl (C=O) groups is 1. The first-order valence-corrected chi connectivity index (χ1v) is 12.8. The first-order chi connectivity index (χ1) is 17.9. The lowest BCUT2D eigenvalue weighted by molar-refractivity contribution is -0.120. The number of hydrogen-bond donors (Lipinski definition) is 2. The summed E-state index contributed by atoms with van der Waals surface area (Å²) in [6, 6.07) is 25.6. The highest BCUT2D eigenvalue weighted by atomic mass is 32.2. The molecule has 8 nitrogen and oxygen atoms in total. The third-order valence-corrected chi connectivity index (χ3v) is 6.75. The molecule has 3 aromatic carbocycles. The highest BCUT2D eigenvalue weighted by Crippen LogP contribution is 2.26. The molecule has 190 valence electrons.